The van der Waals surface area contributed by atoms with Gasteiger partial charge in [-0.3, -0.25) is 4.79 Å². The molecule has 0 bridgehead atoms. The molecule has 1 atom stereocenters. The molecule has 1 unspecified atom stereocenters. The van der Waals surface area contributed by atoms with E-state index in [2.05, 4.69) is 15.9 Å². The second-order valence-corrected chi connectivity index (χ2v) is 9.18. The Labute approximate surface area is 163 Å². The van der Waals surface area contributed by atoms with E-state index in [0.717, 1.165) is 10.0 Å². The van der Waals surface area contributed by atoms with Crippen molar-refractivity contribution in [3.05, 3.63) is 34.3 Å². The minimum absolute atomic E-state index is 0.143. The highest BCUT2D eigenvalue weighted by Gasteiger charge is 2.45. The molecule has 1 aliphatic rings. The minimum atomic E-state index is -0.932. The van der Waals surface area contributed by atoms with Gasteiger partial charge in [-0.25, -0.2) is 4.79 Å². The molecule has 1 aliphatic heterocycles. The predicted molar refractivity (Wildman–Crippen MR) is 104 cm³/mol. The summed E-state index contributed by atoms with van der Waals surface area (Å²) in [5, 5.41) is 9.22. The number of likely N-dealkylation sites (tertiary alicyclic amines) is 1. The third-order valence-corrected chi connectivity index (χ3v) is 5.91. The predicted octanol–water partition coefficient (Wildman–Crippen LogP) is 4.73. The van der Waals surface area contributed by atoms with Gasteiger partial charge in [0.05, 0.1) is 5.41 Å². The summed E-state index contributed by atoms with van der Waals surface area (Å²) in [5.74, 6) is -0.215. The third-order valence-electron chi connectivity index (χ3n) is 5.38. The number of hydrogen-bond acceptors (Lipinski definition) is 3. The van der Waals surface area contributed by atoms with Crippen LogP contribution in [-0.4, -0.2) is 41.3 Å². The van der Waals surface area contributed by atoms with Crippen LogP contribution in [0, 0.1) is 10.8 Å². The average molecular weight is 426 g/mol. The Kier molecular flexibility index (Phi) is 6.37. The van der Waals surface area contributed by atoms with E-state index in [1.165, 1.54) is 4.90 Å². The summed E-state index contributed by atoms with van der Waals surface area (Å²) < 4.78 is 6.82. The van der Waals surface area contributed by atoms with Gasteiger partial charge in [-0.1, -0.05) is 48.8 Å². The summed E-state index contributed by atoms with van der Waals surface area (Å²) in [6.45, 7) is 8.74. The fourth-order valence-electron chi connectivity index (χ4n) is 3.03. The van der Waals surface area contributed by atoms with E-state index in [-0.39, 0.29) is 17.5 Å². The normalized spacial score (nSPS) is 18.3. The molecule has 1 fully saturated rings. The maximum absolute atomic E-state index is 13.1. The topological polar surface area (TPSA) is 66.8 Å². The zero-order valence-electron chi connectivity index (χ0n) is 15.9. The molecular weight excluding hydrogens is 398 g/mol. The first-order valence-corrected chi connectivity index (χ1v) is 9.76. The Morgan fingerprint density at radius 3 is 2.23 bits per heavy atom. The Morgan fingerprint density at radius 2 is 1.77 bits per heavy atom. The SMILES string of the molecule is CC(OC(=O)C1(Cc2ccc(Br)cc2)CCN(C(=O)O)CC1)C(C)(C)C. The standard InChI is InChI=1S/C20H28BrNO4/c1-14(19(2,3)4)26-17(23)20(9-11-22(12-10-20)18(24)25)13-15-5-7-16(21)8-6-15/h5-8,14H,9-13H2,1-4H3,(H,24,25). The van der Waals surface area contributed by atoms with Crippen molar-refractivity contribution in [1.29, 1.82) is 0 Å². The monoisotopic (exact) mass is 425 g/mol. The van der Waals surface area contributed by atoms with Gasteiger partial charge in [0.2, 0.25) is 0 Å². The Hall–Kier alpha value is -1.56. The number of halogens is 1. The van der Waals surface area contributed by atoms with Gasteiger partial charge in [0.15, 0.2) is 0 Å². The smallest absolute Gasteiger partial charge is 0.407 e. The Bertz CT molecular complexity index is 643. The summed E-state index contributed by atoms with van der Waals surface area (Å²) in [4.78, 5) is 25.7. The molecule has 5 nitrogen and oxygen atoms in total. The number of carbonyl (C=O) groups excluding carboxylic acids is 1. The van der Waals surface area contributed by atoms with E-state index in [1.54, 1.807) is 0 Å². The van der Waals surface area contributed by atoms with Crippen molar-refractivity contribution in [3.63, 3.8) is 0 Å². The van der Waals surface area contributed by atoms with Crippen LogP contribution in [0.15, 0.2) is 28.7 Å². The van der Waals surface area contributed by atoms with Crippen LogP contribution in [0.3, 0.4) is 0 Å². The van der Waals surface area contributed by atoms with Gasteiger partial charge in [0.1, 0.15) is 6.10 Å². The molecule has 1 amide bonds. The Morgan fingerprint density at radius 1 is 1.23 bits per heavy atom. The van der Waals surface area contributed by atoms with Crippen molar-refractivity contribution in [3.8, 4) is 0 Å². The van der Waals surface area contributed by atoms with Crippen LogP contribution >= 0.6 is 15.9 Å². The van der Waals surface area contributed by atoms with Crippen molar-refractivity contribution in [2.45, 2.75) is 53.1 Å². The van der Waals surface area contributed by atoms with E-state index in [0.29, 0.717) is 32.4 Å². The van der Waals surface area contributed by atoms with Crippen LogP contribution in [0.4, 0.5) is 4.79 Å². The van der Waals surface area contributed by atoms with Crippen LogP contribution in [0.25, 0.3) is 0 Å². The molecule has 1 aromatic rings. The zero-order valence-corrected chi connectivity index (χ0v) is 17.5. The lowest BCUT2D eigenvalue weighted by molar-refractivity contribution is -0.169. The van der Waals surface area contributed by atoms with Gasteiger partial charge in [0.25, 0.3) is 0 Å². The number of hydrogen-bond donors (Lipinski definition) is 1. The molecule has 6 heteroatoms. The first kappa shape index (κ1) is 20.7. The van der Waals surface area contributed by atoms with E-state index < -0.39 is 11.5 Å². The first-order chi connectivity index (χ1) is 12.0. The average Bonchev–Trinajstić information content (AvgIpc) is 2.56. The number of piperidine rings is 1. The molecule has 144 valence electrons. The number of nitrogens with zero attached hydrogens (tertiary/aromatic N) is 1. The van der Waals surface area contributed by atoms with Crippen molar-refractivity contribution in [1.82, 2.24) is 4.90 Å². The van der Waals surface area contributed by atoms with Crippen LogP contribution in [0.1, 0.15) is 46.1 Å². The maximum Gasteiger partial charge on any atom is 0.407 e. The van der Waals surface area contributed by atoms with Gasteiger partial charge in [-0.05, 0) is 49.3 Å². The molecule has 26 heavy (non-hydrogen) atoms. The maximum atomic E-state index is 13.1. The summed E-state index contributed by atoms with van der Waals surface area (Å²) >= 11 is 3.43. The summed E-state index contributed by atoms with van der Waals surface area (Å²) in [6.07, 6.45) is 0.368. The van der Waals surface area contributed by atoms with E-state index in [1.807, 2.05) is 52.0 Å². The number of carboxylic acid groups (broad SMARTS) is 1. The number of benzene rings is 1. The van der Waals surface area contributed by atoms with E-state index in [9.17, 15) is 14.7 Å². The number of ether oxygens (including phenoxy) is 1. The van der Waals surface area contributed by atoms with Crippen molar-refractivity contribution in [2.75, 3.05) is 13.1 Å². The van der Waals surface area contributed by atoms with Gasteiger partial charge in [-0.2, -0.15) is 0 Å². The molecule has 2 rings (SSSR count). The molecule has 0 radical (unpaired) electrons. The summed E-state index contributed by atoms with van der Waals surface area (Å²) in [6, 6.07) is 7.91. The van der Waals surface area contributed by atoms with Gasteiger partial charge in [0, 0.05) is 17.6 Å². The Balaban J connectivity index is 2.22. The summed E-state index contributed by atoms with van der Waals surface area (Å²) in [5.41, 5.74) is 0.229. The number of esters is 1. The third kappa shape index (κ3) is 5.00. The number of amides is 1. The fourth-order valence-corrected chi connectivity index (χ4v) is 3.30. The molecule has 1 heterocycles. The van der Waals surface area contributed by atoms with Crippen LogP contribution in [0.2, 0.25) is 0 Å². The van der Waals surface area contributed by atoms with Crippen LogP contribution in [-0.2, 0) is 16.0 Å². The largest absolute Gasteiger partial charge is 0.465 e. The lowest BCUT2D eigenvalue weighted by Crippen LogP contribution is -2.49. The number of rotatable bonds is 4. The highest BCUT2D eigenvalue weighted by molar-refractivity contribution is 9.10. The second-order valence-electron chi connectivity index (χ2n) is 8.27. The summed E-state index contributed by atoms with van der Waals surface area (Å²) in [7, 11) is 0. The van der Waals surface area contributed by atoms with Crippen molar-refractivity contribution < 1.29 is 19.4 Å². The van der Waals surface area contributed by atoms with Gasteiger partial charge < -0.3 is 14.7 Å². The molecule has 1 N–H and O–H groups in total. The lowest BCUT2D eigenvalue weighted by atomic mass is 9.73. The number of carbonyl (C=O) groups is 2. The quantitative estimate of drug-likeness (QED) is 0.707. The van der Waals surface area contributed by atoms with Gasteiger partial charge in [-0.15, -0.1) is 0 Å². The highest BCUT2D eigenvalue weighted by atomic mass is 79.9. The van der Waals surface area contributed by atoms with Crippen molar-refractivity contribution >= 4 is 28.0 Å². The molecule has 1 aromatic carbocycles. The lowest BCUT2D eigenvalue weighted by Gasteiger charge is -2.40. The van der Waals surface area contributed by atoms with Crippen LogP contribution < -0.4 is 0 Å². The van der Waals surface area contributed by atoms with Crippen LogP contribution in [0.5, 0.6) is 0 Å². The molecule has 0 saturated carbocycles. The molecule has 0 aromatic heterocycles. The van der Waals surface area contributed by atoms with E-state index in [4.69, 9.17) is 4.74 Å². The first-order valence-electron chi connectivity index (χ1n) is 8.97. The molecular formula is C20H28BrNO4. The van der Waals surface area contributed by atoms with Gasteiger partial charge >= 0.3 is 12.1 Å². The second kappa shape index (κ2) is 7.99. The van der Waals surface area contributed by atoms with Crippen molar-refractivity contribution in [2.24, 2.45) is 10.8 Å². The van der Waals surface area contributed by atoms with E-state index >= 15 is 0 Å². The highest BCUT2D eigenvalue weighted by Crippen LogP contribution is 2.38. The molecule has 0 aliphatic carbocycles. The molecule has 0 spiro atoms. The molecule has 1 saturated heterocycles. The minimum Gasteiger partial charge on any atom is -0.465 e. The zero-order chi connectivity index (χ0) is 19.5. The fraction of sp³-hybridized carbons (Fsp3) is 0.600.